The fourth-order valence-electron chi connectivity index (χ4n) is 4.81. The maximum Gasteiger partial charge on any atom is 0.259 e. The van der Waals surface area contributed by atoms with Crippen molar-refractivity contribution in [3.05, 3.63) is 47.7 Å². The predicted molar refractivity (Wildman–Crippen MR) is 131 cm³/mol. The van der Waals surface area contributed by atoms with Gasteiger partial charge in [-0.05, 0) is 38.4 Å². The number of nitrogens with one attached hydrogen (secondary N) is 2. The van der Waals surface area contributed by atoms with Crippen molar-refractivity contribution < 1.29 is 9.90 Å². The number of hydrogen-bond donors (Lipinski definition) is 3. The van der Waals surface area contributed by atoms with Crippen LogP contribution in [0.3, 0.4) is 0 Å². The second-order valence-electron chi connectivity index (χ2n) is 8.80. The normalized spacial score (nSPS) is 14.9. The third-order valence-electron chi connectivity index (χ3n) is 6.40. The maximum atomic E-state index is 13.2. The molecule has 0 radical (unpaired) electrons. The average molecular weight is 463 g/mol. The van der Waals surface area contributed by atoms with Gasteiger partial charge in [-0.15, -0.1) is 0 Å². The van der Waals surface area contributed by atoms with Gasteiger partial charge < -0.3 is 25.0 Å². The maximum absolute atomic E-state index is 13.2. The zero-order chi connectivity index (χ0) is 23.8. The van der Waals surface area contributed by atoms with Gasteiger partial charge in [-0.2, -0.15) is 5.10 Å². The third kappa shape index (κ3) is 4.10. The van der Waals surface area contributed by atoms with Crippen LogP contribution in [0.5, 0.6) is 0 Å². The van der Waals surface area contributed by atoms with Crippen LogP contribution < -0.4 is 15.5 Å². The van der Waals surface area contributed by atoms with Crippen LogP contribution in [0.2, 0.25) is 0 Å². The summed E-state index contributed by atoms with van der Waals surface area (Å²) in [6.07, 6.45) is 7.60. The second-order valence-corrected chi connectivity index (χ2v) is 8.80. The molecule has 10 heteroatoms. The smallest absolute Gasteiger partial charge is 0.259 e. The molecule has 1 amide bonds. The standard InChI is InChI=1S/C24H30N8O2/c1-4-25-16-7-9-31(10-8-16)20-6-5-18(22-19(20)12-30(3)29-22)24(34)28-21-13-32-11-17(14-33)26-15(2)23(32)27-21/h5-6,11-13,16,25,33H,4,7-10,14H2,1-3H3,(H,28,34). The van der Waals surface area contributed by atoms with Crippen LogP contribution in [0.4, 0.5) is 11.5 Å². The summed E-state index contributed by atoms with van der Waals surface area (Å²) in [4.78, 5) is 24.4. The number of aryl methyl sites for hydroxylation is 2. The second kappa shape index (κ2) is 9.03. The summed E-state index contributed by atoms with van der Waals surface area (Å²) < 4.78 is 3.52. The monoisotopic (exact) mass is 462 g/mol. The number of piperidine rings is 1. The van der Waals surface area contributed by atoms with E-state index in [1.54, 1.807) is 21.5 Å². The van der Waals surface area contributed by atoms with Gasteiger partial charge in [-0.3, -0.25) is 14.5 Å². The summed E-state index contributed by atoms with van der Waals surface area (Å²) in [6, 6.07) is 4.44. The molecule has 10 nitrogen and oxygen atoms in total. The Morgan fingerprint density at radius 2 is 1.97 bits per heavy atom. The minimum absolute atomic E-state index is 0.159. The first-order valence-electron chi connectivity index (χ1n) is 11.7. The van der Waals surface area contributed by atoms with Gasteiger partial charge in [-0.1, -0.05) is 6.92 Å². The molecule has 1 aromatic carbocycles. The SMILES string of the molecule is CCNC1CCN(c2ccc(C(=O)Nc3cn4cc(CO)nc(C)c4n3)c3nn(C)cc23)CC1. The highest BCUT2D eigenvalue weighted by atomic mass is 16.3. The summed E-state index contributed by atoms with van der Waals surface area (Å²) in [5, 5.41) is 21.4. The summed E-state index contributed by atoms with van der Waals surface area (Å²) in [6.45, 7) is 6.74. The molecule has 3 aromatic heterocycles. The van der Waals surface area contributed by atoms with E-state index in [2.05, 4.69) is 37.5 Å². The number of aliphatic hydroxyl groups excluding tert-OH is 1. The molecule has 4 aromatic rings. The fourth-order valence-corrected chi connectivity index (χ4v) is 4.81. The molecule has 0 bridgehead atoms. The number of amides is 1. The Hall–Kier alpha value is -3.50. The van der Waals surface area contributed by atoms with Gasteiger partial charge in [0.2, 0.25) is 0 Å². The van der Waals surface area contributed by atoms with Crippen LogP contribution in [-0.4, -0.2) is 60.8 Å². The van der Waals surface area contributed by atoms with Crippen LogP contribution >= 0.6 is 0 Å². The Labute approximate surface area is 197 Å². The molecular weight excluding hydrogens is 432 g/mol. The van der Waals surface area contributed by atoms with Gasteiger partial charge in [0.25, 0.3) is 5.91 Å². The van der Waals surface area contributed by atoms with E-state index in [0.717, 1.165) is 43.5 Å². The van der Waals surface area contributed by atoms with Gasteiger partial charge in [0.1, 0.15) is 5.52 Å². The highest BCUT2D eigenvalue weighted by molar-refractivity contribution is 6.13. The molecule has 1 saturated heterocycles. The average Bonchev–Trinajstić information content (AvgIpc) is 3.42. The number of carbonyl (C=O) groups excluding carboxylic acids is 1. The first-order valence-corrected chi connectivity index (χ1v) is 11.7. The van der Waals surface area contributed by atoms with Crippen LogP contribution in [-0.2, 0) is 13.7 Å². The van der Waals surface area contributed by atoms with Gasteiger partial charge in [-0.25, -0.2) is 4.98 Å². The van der Waals surface area contributed by atoms with Gasteiger partial charge in [0.15, 0.2) is 11.5 Å². The Morgan fingerprint density at radius 3 is 2.71 bits per heavy atom. The van der Waals surface area contributed by atoms with Crippen LogP contribution in [0, 0.1) is 6.92 Å². The zero-order valence-corrected chi connectivity index (χ0v) is 19.7. The molecule has 4 heterocycles. The lowest BCUT2D eigenvalue weighted by atomic mass is 10.0. The molecule has 178 valence electrons. The number of hydrogen-bond acceptors (Lipinski definition) is 7. The lowest BCUT2D eigenvalue weighted by molar-refractivity contribution is 0.102. The number of carbonyl (C=O) groups is 1. The molecule has 1 aliphatic rings. The van der Waals surface area contributed by atoms with E-state index in [0.29, 0.717) is 40.0 Å². The number of aromatic nitrogens is 5. The van der Waals surface area contributed by atoms with Crippen molar-refractivity contribution in [3.8, 4) is 0 Å². The molecule has 0 aliphatic carbocycles. The molecule has 34 heavy (non-hydrogen) atoms. The van der Waals surface area contributed by atoms with Crippen molar-refractivity contribution in [3.63, 3.8) is 0 Å². The quantitative estimate of drug-likeness (QED) is 0.403. The highest BCUT2D eigenvalue weighted by Gasteiger charge is 2.23. The first-order chi connectivity index (χ1) is 16.5. The van der Waals surface area contributed by atoms with E-state index < -0.39 is 0 Å². The van der Waals surface area contributed by atoms with Crippen LogP contribution in [0.1, 0.15) is 41.5 Å². The molecule has 1 fully saturated rings. The highest BCUT2D eigenvalue weighted by Crippen LogP contribution is 2.31. The Morgan fingerprint density at radius 1 is 1.18 bits per heavy atom. The van der Waals surface area contributed by atoms with E-state index in [1.165, 1.54) is 0 Å². The van der Waals surface area contributed by atoms with Crippen LogP contribution in [0.15, 0.2) is 30.7 Å². The van der Waals surface area contributed by atoms with Gasteiger partial charge >= 0.3 is 0 Å². The molecule has 1 aliphatic heterocycles. The summed E-state index contributed by atoms with van der Waals surface area (Å²) in [5.74, 6) is 0.154. The number of rotatable bonds is 6. The molecule has 3 N–H and O–H groups in total. The fraction of sp³-hybridized carbons (Fsp3) is 0.417. The topological polar surface area (TPSA) is 113 Å². The zero-order valence-electron chi connectivity index (χ0n) is 19.7. The number of nitrogens with zero attached hydrogens (tertiary/aromatic N) is 6. The van der Waals surface area contributed by atoms with E-state index in [-0.39, 0.29) is 12.5 Å². The van der Waals surface area contributed by atoms with Crippen molar-refractivity contribution in [2.24, 2.45) is 7.05 Å². The van der Waals surface area contributed by atoms with Crippen molar-refractivity contribution >= 4 is 34.0 Å². The van der Waals surface area contributed by atoms with Crippen molar-refractivity contribution in [1.82, 2.24) is 29.5 Å². The largest absolute Gasteiger partial charge is 0.390 e. The van der Waals surface area contributed by atoms with Crippen molar-refractivity contribution in [2.75, 3.05) is 29.9 Å². The van der Waals surface area contributed by atoms with Gasteiger partial charge in [0.05, 0.1) is 29.8 Å². The Bertz CT molecular complexity index is 1350. The number of benzene rings is 1. The molecule has 0 spiro atoms. The number of aliphatic hydroxyl groups is 1. The molecule has 0 saturated carbocycles. The summed E-state index contributed by atoms with van der Waals surface area (Å²) in [7, 11) is 1.87. The van der Waals surface area contributed by atoms with Gasteiger partial charge in [0, 0.05) is 49.6 Å². The molecule has 0 atom stereocenters. The van der Waals surface area contributed by atoms with E-state index in [1.807, 2.05) is 32.3 Å². The minimum Gasteiger partial charge on any atom is -0.390 e. The summed E-state index contributed by atoms with van der Waals surface area (Å²) >= 11 is 0. The molecular formula is C24H30N8O2. The Balaban J connectivity index is 1.42. The Kier molecular flexibility index (Phi) is 5.93. The minimum atomic E-state index is -0.266. The first kappa shape index (κ1) is 22.3. The van der Waals surface area contributed by atoms with Crippen molar-refractivity contribution in [1.29, 1.82) is 0 Å². The van der Waals surface area contributed by atoms with Crippen LogP contribution in [0.25, 0.3) is 16.6 Å². The number of anilines is 2. The third-order valence-corrected chi connectivity index (χ3v) is 6.40. The van der Waals surface area contributed by atoms with Crippen molar-refractivity contribution in [2.45, 2.75) is 39.3 Å². The predicted octanol–water partition coefficient (Wildman–Crippen LogP) is 2.25. The van der Waals surface area contributed by atoms with E-state index in [4.69, 9.17) is 0 Å². The molecule has 0 unspecified atom stereocenters. The number of imidazole rings is 1. The lowest BCUT2D eigenvalue weighted by Gasteiger charge is -2.34. The summed E-state index contributed by atoms with van der Waals surface area (Å²) in [5.41, 5.74) is 4.15. The molecule has 5 rings (SSSR count). The van der Waals surface area contributed by atoms with E-state index in [9.17, 15) is 9.90 Å². The van der Waals surface area contributed by atoms with E-state index >= 15 is 0 Å². The lowest BCUT2D eigenvalue weighted by Crippen LogP contribution is -2.42. The number of fused-ring (bicyclic) bond motifs is 2.